The van der Waals surface area contributed by atoms with Crippen LogP contribution in [0, 0.1) is 14.9 Å². The normalized spacial score (nSPS) is 15.9. The van der Waals surface area contributed by atoms with Gasteiger partial charge in [0.05, 0.1) is 78.9 Å². The standard InChI is InChI=1S/2C29H19N4O4.2C28H16N4O4.CH4.2CH3/c2*1-31-15-7-9-19(17-31)29(37)33-23-13-5-3-11-21(23)27(35)25(33)24-26(34)20-10-2-4-12-22(20)32(24)28(36)18-8-6-14-30-16-18;2*33-25-19-9-1-3-11-21(19)31(27(35)17-7-5-13-29-15-17)23(25)24-26(34)20-10-2-4-12-22(20)32(24)28(36)18-8-6-14-30-16-18;;;/h2*2-17H,1H3;2*1-16H;1H4;2*1H3/q2*+1;;;;2*-1/b2*25-24+;2*24-23+;;;. The molecule has 8 aliphatic heterocycles. The summed E-state index contributed by atoms with van der Waals surface area (Å²) in [6, 6.07) is 78.9. The number of amides is 8. The summed E-state index contributed by atoms with van der Waals surface area (Å²) in [6.45, 7) is 0. The Kier molecular flexibility index (Phi) is 26.7. The van der Waals surface area contributed by atoms with E-state index >= 15 is 0 Å². The molecule has 724 valence electrons. The lowest BCUT2D eigenvalue weighted by Gasteiger charge is -2.24. The highest BCUT2D eigenvalue weighted by molar-refractivity contribution is 6.41. The topological polar surface area (TPSA) is 384 Å². The smallest absolute Gasteiger partial charge is 0.269 e. The second kappa shape index (κ2) is 40.6. The number of pyridine rings is 8. The minimum Gasteiger partial charge on any atom is -0.358 e. The van der Waals surface area contributed by atoms with Crippen LogP contribution in [0.5, 0.6) is 0 Å². The first-order chi connectivity index (χ1) is 71.1. The first-order valence-electron chi connectivity index (χ1n) is 45.2. The van der Waals surface area contributed by atoms with Gasteiger partial charge in [-0.05, 0) is 182 Å². The number of para-hydroxylation sites is 8. The van der Waals surface area contributed by atoms with Crippen molar-refractivity contribution in [3.05, 3.63) is 540 Å². The fraction of sp³-hybridized carbons (Fsp3) is 0.0256. The molecule has 8 aliphatic rings. The molecular weight excluding hydrogens is 1890 g/mol. The lowest BCUT2D eigenvalue weighted by Crippen LogP contribution is -2.38. The number of allylic oxidation sites excluding steroid dienone is 8. The molecule has 16 aromatic rings. The number of aromatic nitrogens is 8. The fourth-order valence-electron chi connectivity index (χ4n) is 18.5. The molecule has 0 spiro atoms. The number of hydrogen-bond donors (Lipinski definition) is 0. The van der Waals surface area contributed by atoms with Crippen molar-refractivity contribution in [3.63, 3.8) is 0 Å². The fourth-order valence-corrected chi connectivity index (χ4v) is 18.5. The Morgan fingerprint density at radius 3 is 0.456 bits per heavy atom. The molecule has 0 atom stereocenters. The molecule has 149 heavy (non-hydrogen) atoms. The number of nitrogens with zero attached hydrogens (tertiary/aromatic N) is 16. The van der Waals surface area contributed by atoms with Crippen molar-refractivity contribution in [2.45, 2.75) is 7.43 Å². The van der Waals surface area contributed by atoms with Crippen LogP contribution >= 0.6 is 0 Å². The van der Waals surface area contributed by atoms with E-state index in [2.05, 4.69) is 29.9 Å². The second-order valence-corrected chi connectivity index (χ2v) is 33.6. The summed E-state index contributed by atoms with van der Waals surface area (Å²) in [4.78, 5) is 255. The number of Topliss-reactive ketones (excluding diaryl/α,β-unsaturated/α-hetero) is 8. The highest BCUT2D eigenvalue weighted by Crippen LogP contribution is 2.50. The van der Waals surface area contributed by atoms with Crippen molar-refractivity contribution in [3.8, 4) is 0 Å². The summed E-state index contributed by atoms with van der Waals surface area (Å²) in [5, 5.41) is 0. The van der Waals surface area contributed by atoms with Crippen molar-refractivity contribution < 1.29 is 85.8 Å². The van der Waals surface area contributed by atoms with E-state index in [0.717, 1.165) is 0 Å². The zero-order chi connectivity index (χ0) is 101. The average molecular weight is 1970 g/mol. The molecule has 8 aromatic carbocycles. The van der Waals surface area contributed by atoms with Gasteiger partial charge in [-0.15, -0.1) is 0 Å². The molecule has 16 heterocycles. The van der Waals surface area contributed by atoms with E-state index in [-0.39, 0.29) is 146 Å². The predicted octanol–water partition coefficient (Wildman–Crippen LogP) is 16.7. The van der Waals surface area contributed by atoms with Crippen LogP contribution in [-0.4, -0.2) is 123 Å². The third-order valence-corrected chi connectivity index (χ3v) is 25.0. The molecule has 8 aromatic heterocycles. The number of carbonyl (C=O) groups excluding carboxylic acids is 16. The summed E-state index contributed by atoms with van der Waals surface area (Å²) in [7, 11) is 3.56. The first-order valence-corrected chi connectivity index (χ1v) is 45.2. The van der Waals surface area contributed by atoms with E-state index < -0.39 is 93.5 Å². The third-order valence-electron chi connectivity index (χ3n) is 25.0. The molecule has 0 saturated carbocycles. The molecule has 8 amide bonds. The molecule has 0 unspecified atom stereocenters. The van der Waals surface area contributed by atoms with Gasteiger partial charge in [-0.1, -0.05) is 104 Å². The van der Waals surface area contributed by atoms with Gasteiger partial charge in [-0.25, -0.2) is 9.13 Å². The lowest BCUT2D eigenvalue weighted by molar-refractivity contribution is -0.671. The van der Waals surface area contributed by atoms with E-state index in [1.54, 1.807) is 339 Å². The quantitative estimate of drug-likeness (QED) is 0.0774. The summed E-state index contributed by atoms with van der Waals surface area (Å²) in [5.41, 5.74) is 5.51. The molecule has 0 saturated heterocycles. The first kappa shape index (κ1) is 98.2. The summed E-state index contributed by atoms with van der Waals surface area (Å²) < 4.78 is 3.44. The van der Waals surface area contributed by atoms with Gasteiger partial charge in [0.15, 0.2) is 24.8 Å². The summed E-state index contributed by atoms with van der Waals surface area (Å²) >= 11 is 0. The van der Waals surface area contributed by atoms with Crippen LogP contribution in [0.4, 0.5) is 45.5 Å². The van der Waals surface area contributed by atoms with Crippen LogP contribution in [0.15, 0.2) is 436 Å². The minimum absolute atomic E-state index is 0. The monoisotopic (exact) mass is 1960 g/mol. The number of ketones is 8. The molecule has 0 radical (unpaired) electrons. The molecule has 0 bridgehead atoms. The maximum atomic E-state index is 13.9. The zero-order valence-corrected chi connectivity index (χ0v) is 78.6. The second-order valence-electron chi connectivity index (χ2n) is 33.6. The molecular formula is C117H80N16O16. The maximum Gasteiger partial charge on any atom is 0.269 e. The molecule has 0 aliphatic carbocycles. The summed E-state index contributed by atoms with van der Waals surface area (Å²) in [5.74, 6) is -8.35. The van der Waals surface area contributed by atoms with Crippen LogP contribution in [0.2, 0.25) is 0 Å². The Morgan fingerprint density at radius 1 is 0.188 bits per heavy atom. The number of hydrogen-bond acceptors (Lipinski definition) is 22. The van der Waals surface area contributed by atoms with E-state index in [4.69, 9.17) is 0 Å². The number of carbonyl (C=O) groups is 16. The van der Waals surface area contributed by atoms with Crippen LogP contribution in [0.1, 0.15) is 173 Å². The highest BCUT2D eigenvalue weighted by atomic mass is 16.2. The van der Waals surface area contributed by atoms with Crippen molar-refractivity contribution in [1.29, 1.82) is 0 Å². The van der Waals surface area contributed by atoms with Gasteiger partial charge in [-0.3, -0.25) is 146 Å². The van der Waals surface area contributed by atoms with Crippen LogP contribution in [-0.2, 0) is 14.1 Å². The largest absolute Gasteiger partial charge is 0.358 e. The number of fused-ring (bicyclic) bond motifs is 8. The van der Waals surface area contributed by atoms with Gasteiger partial charge in [0.1, 0.15) is 70.8 Å². The molecule has 0 N–H and O–H groups in total. The number of aryl methyl sites for hydroxylation is 2. The third kappa shape index (κ3) is 16.9. The maximum absolute atomic E-state index is 13.9. The Bertz CT molecular complexity index is 7820. The Hall–Kier alpha value is -21.0. The zero-order valence-electron chi connectivity index (χ0n) is 78.6. The van der Waals surface area contributed by atoms with Gasteiger partial charge in [0, 0.05) is 131 Å². The van der Waals surface area contributed by atoms with Crippen molar-refractivity contribution >= 4 is 139 Å². The van der Waals surface area contributed by atoms with E-state index in [1.807, 2.05) is 0 Å². The van der Waals surface area contributed by atoms with E-state index in [0.29, 0.717) is 56.6 Å². The number of rotatable bonds is 8. The van der Waals surface area contributed by atoms with Gasteiger partial charge in [-0.2, -0.15) is 0 Å². The average Bonchev–Trinajstić information content (AvgIpc) is 1.57. The van der Waals surface area contributed by atoms with Crippen molar-refractivity contribution in [2.24, 2.45) is 14.1 Å². The number of anilines is 8. The molecule has 0 fully saturated rings. The van der Waals surface area contributed by atoms with Gasteiger partial charge in [0.2, 0.25) is 46.3 Å². The van der Waals surface area contributed by atoms with Gasteiger partial charge >= 0.3 is 0 Å². The Balaban J connectivity index is 0.000000129. The SMILES string of the molecule is C.C[n+]1cccc(C(=O)N2/C(=C3\C(=O)c4ccccc4N3C(=O)c3cccnc3)C(=O)c3ccccc32)c1.C[n+]1cccc(C(=O)N2/C(=C3\C(=O)c4ccccc4N3C(=O)c3cccnc3)C(=O)c3ccccc32)c1.O=C1/C(=C2/C(=O)c3ccccc3N2C(=O)c2cccnc2)N(C(=O)c2cccnc2)c2ccccc21.O=C1/C(=C2/C(=O)c3ccccc3N2C(=O)c2cccnc2)N(C(=O)c2cccnc2)c2ccccc21.[CH3-].[CH3-]. The Morgan fingerprint density at radius 2 is 0.322 bits per heavy atom. The Labute approximate surface area is 850 Å². The minimum atomic E-state index is -0.540. The van der Waals surface area contributed by atoms with Crippen LogP contribution < -0.4 is 48.3 Å². The van der Waals surface area contributed by atoms with Gasteiger partial charge < -0.3 is 14.9 Å². The van der Waals surface area contributed by atoms with E-state index in [9.17, 15) is 76.7 Å². The van der Waals surface area contributed by atoms with Crippen molar-refractivity contribution in [2.75, 3.05) is 39.2 Å². The van der Waals surface area contributed by atoms with Crippen LogP contribution in [0.3, 0.4) is 0 Å². The molecule has 32 heteroatoms. The molecule has 24 rings (SSSR count). The number of benzene rings is 8. The lowest BCUT2D eigenvalue weighted by atomic mass is 10.1. The molecule has 32 nitrogen and oxygen atoms in total. The van der Waals surface area contributed by atoms with Gasteiger partial charge in [0.25, 0.3) is 47.3 Å². The highest BCUT2D eigenvalue weighted by Gasteiger charge is 2.53. The van der Waals surface area contributed by atoms with Crippen molar-refractivity contribution in [1.82, 2.24) is 29.9 Å². The van der Waals surface area contributed by atoms with E-state index in [1.165, 1.54) is 114 Å². The predicted molar refractivity (Wildman–Crippen MR) is 549 cm³/mol. The van der Waals surface area contributed by atoms with Crippen LogP contribution in [0.25, 0.3) is 0 Å². The summed E-state index contributed by atoms with van der Waals surface area (Å²) in [6.07, 6.45) is 24.4.